The average molecular weight is 454 g/mol. The molecule has 3 rings (SSSR count). The molecule has 0 amide bonds. The predicted octanol–water partition coefficient (Wildman–Crippen LogP) is 5.61. The molecule has 2 aromatic heterocycles. The summed E-state index contributed by atoms with van der Waals surface area (Å²) in [5.41, 5.74) is 0.508. The molecule has 0 atom stereocenters. The molecule has 0 saturated heterocycles. The number of aryl methyl sites for hydroxylation is 1. The first-order chi connectivity index (χ1) is 14.4. The minimum absolute atomic E-state index is 0.0171. The molecular weight excluding hydrogens is 435 g/mol. The van der Waals surface area contributed by atoms with Crippen molar-refractivity contribution in [3.63, 3.8) is 0 Å². The van der Waals surface area contributed by atoms with Gasteiger partial charge in [-0.2, -0.15) is 13.2 Å². The van der Waals surface area contributed by atoms with Crippen molar-refractivity contribution in [3.05, 3.63) is 52.9 Å². The fraction of sp³-hybridized carbons (Fsp3) is 0.286. The summed E-state index contributed by atoms with van der Waals surface area (Å²) in [6.07, 6.45) is -2.19. The lowest BCUT2D eigenvalue weighted by Crippen LogP contribution is -2.30. The highest BCUT2D eigenvalue weighted by Crippen LogP contribution is 2.35. The van der Waals surface area contributed by atoms with Crippen LogP contribution < -0.4 is 4.74 Å². The third kappa shape index (κ3) is 4.99. The van der Waals surface area contributed by atoms with Crippen LogP contribution in [0.2, 0.25) is 5.02 Å². The second-order valence-electron chi connectivity index (χ2n) is 7.64. The fourth-order valence-corrected chi connectivity index (χ4v) is 2.98. The molecule has 2 heterocycles. The molecule has 0 bridgehead atoms. The van der Waals surface area contributed by atoms with Gasteiger partial charge in [-0.05, 0) is 44.0 Å². The number of rotatable bonds is 6. The van der Waals surface area contributed by atoms with Gasteiger partial charge in [0.15, 0.2) is 5.69 Å². The van der Waals surface area contributed by atoms with Gasteiger partial charge in [0.05, 0.1) is 10.4 Å². The van der Waals surface area contributed by atoms with Crippen molar-refractivity contribution in [1.29, 1.82) is 0 Å². The summed E-state index contributed by atoms with van der Waals surface area (Å²) in [7, 11) is 0. The lowest BCUT2D eigenvalue weighted by Gasteiger charge is -2.19. The number of nitrogens with one attached hydrogen (secondary N) is 1. The number of H-pyrrole nitrogens is 1. The van der Waals surface area contributed by atoms with Crippen LogP contribution in [0, 0.1) is 12.3 Å². The van der Waals surface area contributed by atoms with Gasteiger partial charge < -0.3 is 14.8 Å². The quantitative estimate of drug-likeness (QED) is 0.506. The number of benzene rings is 1. The Hall–Kier alpha value is -3.07. The Balaban J connectivity index is 1.83. The summed E-state index contributed by atoms with van der Waals surface area (Å²) < 4.78 is 43.8. The molecule has 0 aliphatic carbocycles. The number of imidazole rings is 1. The summed E-state index contributed by atoms with van der Waals surface area (Å²) >= 11 is 6.31. The van der Waals surface area contributed by atoms with E-state index in [0.29, 0.717) is 11.1 Å². The topological polar surface area (TPSA) is 88.1 Å². The van der Waals surface area contributed by atoms with Crippen LogP contribution in [-0.4, -0.2) is 32.6 Å². The van der Waals surface area contributed by atoms with E-state index in [1.165, 1.54) is 0 Å². The van der Waals surface area contributed by atoms with Gasteiger partial charge in [0.1, 0.15) is 12.4 Å². The first-order valence-electron chi connectivity index (χ1n) is 9.14. The minimum atomic E-state index is -4.55. The van der Waals surface area contributed by atoms with Crippen LogP contribution in [0.3, 0.4) is 0 Å². The number of aromatic nitrogens is 3. The van der Waals surface area contributed by atoms with E-state index in [0.717, 1.165) is 17.3 Å². The summed E-state index contributed by atoms with van der Waals surface area (Å²) in [6.45, 7) is 4.89. The van der Waals surface area contributed by atoms with Crippen molar-refractivity contribution in [2.75, 3.05) is 6.61 Å². The molecular formula is C21H19ClF3N3O3. The number of aliphatic carboxylic acids is 1. The zero-order valence-electron chi connectivity index (χ0n) is 16.8. The van der Waals surface area contributed by atoms with Crippen LogP contribution in [0.25, 0.3) is 22.5 Å². The molecule has 0 fully saturated rings. The van der Waals surface area contributed by atoms with Crippen molar-refractivity contribution in [3.8, 4) is 28.4 Å². The van der Waals surface area contributed by atoms with Gasteiger partial charge in [0, 0.05) is 29.6 Å². The summed E-state index contributed by atoms with van der Waals surface area (Å²) in [6, 6.07) is 6.58. The predicted molar refractivity (Wildman–Crippen MR) is 109 cm³/mol. The van der Waals surface area contributed by atoms with Crippen molar-refractivity contribution in [2.24, 2.45) is 5.41 Å². The first-order valence-corrected chi connectivity index (χ1v) is 9.52. The van der Waals surface area contributed by atoms with E-state index in [-0.39, 0.29) is 23.3 Å². The lowest BCUT2D eigenvalue weighted by atomic mass is 9.95. The van der Waals surface area contributed by atoms with Gasteiger partial charge in [0.2, 0.25) is 5.88 Å². The van der Waals surface area contributed by atoms with Crippen LogP contribution in [0.5, 0.6) is 5.88 Å². The molecule has 0 saturated carbocycles. The minimum Gasteiger partial charge on any atom is -0.481 e. The van der Waals surface area contributed by atoms with E-state index in [1.807, 2.05) is 6.92 Å². The third-order valence-electron chi connectivity index (χ3n) is 4.65. The Labute approximate surface area is 181 Å². The normalized spacial score (nSPS) is 12.1. The SMILES string of the molecule is Cc1cc(OCC(C)(C)C(=O)O)ncc1-c1ccc(-c2nc(C(F)(F)F)c[nH]2)c(Cl)c1. The smallest absolute Gasteiger partial charge is 0.434 e. The zero-order chi connectivity index (χ0) is 23.0. The van der Waals surface area contributed by atoms with Crippen LogP contribution in [0.4, 0.5) is 13.2 Å². The Bertz CT molecular complexity index is 1130. The molecule has 0 radical (unpaired) electrons. The summed E-state index contributed by atoms with van der Waals surface area (Å²) in [5.74, 6) is -0.674. The number of ether oxygens (including phenoxy) is 1. The highest BCUT2D eigenvalue weighted by atomic mass is 35.5. The molecule has 2 N–H and O–H groups in total. The number of hydrogen-bond acceptors (Lipinski definition) is 4. The highest BCUT2D eigenvalue weighted by molar-refractivity contribution is 6.33. The number of carboxylic acids is 1. The average Bonchev–Trinajstić information content (AvgIpc) is 3.16. The van der Waals surface area contributed by atoms with Gasteiger partial charge in [-0.3, -0.25) is 4.79 Å². The second kappa shape index (κ2) is 8.22. The Kier molecular flexibility index (Phi) is 6.00. The molecule has 10 heteroatoms. The van der Waals surface area contributed by atoms with E-state index in [2.05, 4.69) is 15.0 Å². The Morgan fingerprint density at radius 2 is 1.94 bits per heavy atom. The van der Waals surface area contributed by atoms with Gasteiger partial charge in [-0.25, -0.2) is 9.97 Å². The molecule has 0 spiro atoms. The molecule has 1 aromatic carbocycles. The maximum atomic E-state index is 12.8. The molecule has 0 unspecified atom stereocenters. The Morgan fingerprint density at radius 1 is 1.23 bits per heavy atom. The van der Waals surface area contributed by atoms with Crippen molar-refractivity contribution in [1.82, 2.24) is 15.0 Å². The van der Waals surface area contributed by atoms with Crippen LogP contribution in [0.15, 0.2) is 36.7 Å². The molecule has 0 aliphatic rings. The van der Waals surface area contributed by atoms with Gasteiger partial charge in [-0.15, -0.1) is 0 Å². The first kappa shape index (κ1) is 22.6. The monoisotopic (exact) mass is 453 g/mol. The van der Waals surface area contributed by atoms with Crippen LogP contribution in [0.1, 0.15) is 25.1 Å². The van der Waals surface area contributed by atoms with E-state index in [1.54, 1.807) is 44.3 Å². The molecule has 164 valence electrons. The third-order valence-corrected chi connectivity index (χ3v) is 4.96. The lowest BCUT2D eigenvalue weighted by molar-refractivity contribution is -0.148. The highest BCUT2D eigenvalue weighted by Gasteiger charge is 2.34. The van der Waals surface area contributed by atoms with Crippen molar-refractivity contribution >= 4 is 17.6 Å². The Morgan fingerprint density at radius 3 is 2.48 bits per heavy atom. The van der Waals surface area contributed by atoms with Crippen LogP contribution in [-0.2, 0) is 11.0 Å². The van der Waals surface area contributed by atoms with E-state index in [4.69, 9.17) is 21.4 Å². The van der Waals surface area contributed by atoms with Crippen molar-refractivity contribution in [2.45, 2.75) is 26.9 Å². The zero-order valence-corrected chi connectivity index (χ0v) is 17.6. The maximum Gasteiger partial charge on any atom is 0.434 e. The number of carboxylic acid groups (broad SMARTS) is 1. The molecule has 0 aliphatic heterocycles. The largest absolute Gasteiger partial charge is 0.481 e. The second-order valence-corrected chi connectivity index (χ2v) is 8.05. The fourth-order valence-electron chi connectivity index (χ4n) is 2.71. The number of nitrogens with zero attached hydrogens (tertiary/aromatic N) is 2. The number of halogens is 4. The van der Waals surface area contributed by atoms with Crippen LogP contribution >= 0.6 is 11.6 Å². The molecule has 3 aromatic rings. The summed E-state index contributed by atoms with van der Waals surface area (Å²) in [5, 5.41) is 9.39. The van der Waals surface area contributed by atoms with Gasteiger partial charge in [0.25, 0.3) is 0 Å². The standard InChI is InChI=1S/C21H19ClF3N3O3/c1-11-6-17(31-10-20(2,3)19(29)30)26-8-14(11)12-4-5-13(15(22)7-12)18-27-9-16(28-18)21(23,24)25/h4-9H,10H2,1-3H3,(H,27,28)(H,29,30). The van der Waals surface area contributed by atoms with E-state index < -0.39 is 23.3 Å². The molecule has 31 heavy (non-hydrogen) atoms. The maximum absolute atomic E-state index is 12.8. The molecule has 6 nitrogen and oxygen atoms in total. The van der Waals surface area contributed by atoms with Gasteiger partial charge >= 0.3 is 12.1 Å². The number of pyridine rings is 1. The number of alkyl halides is 3. The summed E-state index contributed by atoms with van der Waals surface area (Å²) in [4.78, 5) is 21.5. The van der Waals surface area contributed by atoms with E-state index >= 15 is 0 Å². The van der Waals surface area contributed by atoms with Crippen molar-refractivity contribution < 1.29 is 27.8 Å². The van der Waals surface area contributed by atoms with Gasteiger partial charge in [-0.1, -0.05) is 17.7 Å². The number of aromatic amines is 1. The number of hydrogen-bond donors (Lipinski definition) is 2. The number of carbonyl (C=O) groups is 1. The van der Waals surface area contributed by atoms with E-state index in [9.17, 15) is 18.0 Å².